The van der Waals surface area contributed by atoms with E-state index in [1.54, 1.807) is 42.5 Å². The van der Waals surface area contributed by atoms with Crippen LogP contribution in [0.25, 0.3) is 6.08 Å². The Hall–Kier alpha value is -2.71. The van der Waals surface area contributed by atoms with Gasteiger partial charge in [0.1, 0.15) is 5.75 Å². The first-order valence-electron chi connectivity index (χ1n) is 7.75. The summed E-state index contributed by atoms with van der Waals surface area (Å²) in [6.45, 7) is 2.45. The number of carbonyl (C=O) groups is 1. The molecule has 1 aliphatic heterocycles. The Kier molecular flexibility index (Phi) is 5.34. The fourth-order valence-electron chi connectivity index (χ4n) is 2.47. The third kappa shape index (κ3) is 3.61. The van der Waals surface area contributed by atoms with Crippen LogP contribution in [0.1, 0.15) is 12.5 Å². The van der Waals surface area contributed by atoms with E-state index >= 15 is 0 Å². The van der Waals surface area contributed by atoms with Crippen molar-refractivity contribution in [2.24, 2.45) is 0 Å². The molecule has 0 aromatic heterocycles. The van der Waals surface area contributed by atoms with Crippen molar-refractivity contribution >= 4 is 51.7 Å². The van der Waals surface area contributed by atoms with E-state index in [0.717, 1.165) is 11.8 Å². The first-order chi connectivity index (χ1) is 12.5. The summed E-state index contributed by atoms with van der Waals surface area (Å²) in [4.78, 5) is 25.2. The Morgan fingerprint density at radius 3 is 2.58 bits per heavy atom. The van der Waals surface area contributed by atoms with E-state index in [1.165, 1.54) is 17.0 Å². The number of para-hydroxylation sites is 1. The van der Waals surface area contributed by atoms with Crippen molar-refractivity contribution in [1.82, 2.24) is 0 Å². The summed E-state index contributed by atoms with van der Waals surface area (Å²) in [7, 11) is 0. The average Bonchev–Trinajstić information content (AvgIpc) is 2.90. The number of nitrogens with zero attached hydrogens (tertiary/aromatic N) is 2. The fourth-order valence-corrected chi connectivity index (χ4v) is 3.76. The fraction of sp³-hybridized carbons (Fsp3) is 0.111. The van der Waals surface area contributed by atoms with Crippen LogP contribution in [0.3, 0.4) is 0 Å². The van der Waals surface area contributed by atoms with Gasteiger partial charge in [-0.05, 0) is 43.3 Å². The lowest BCUT2D eigenvalue weighted by Crippen LogP contribution is -2.27. The summed E-state index contributed by atoms with van der Waals surface area (Å²) >= 11 is 6.44. The molecule has 1 heterocycles. The average molecular weight is 386 g/mol. The Morgan fingerprint density at radius 1 is 1.23 bits per heavy atom. The van der Waals surface area contributed by atoms with Crippen molar-refractivity contribution in [2.75, 3.05) is 11.5 Å². The molecule has 0 N–H and O–H groups in total. The van der Waals surface area contributed by atoms with Crippen LogP contribution < -0.4 is 9.64 Å². The highest BCUT2D eigenvalue weighted by Gasteiger charge is 2.33. The van der Waals surface area contributed by atoms with E-state index in [4.69, 9.17) is 17.0 Å². The number of hydrogen-bond donors (Lipinski definition) is 0. The van der Waals surface area contributed by atoms with Crippen LogP contribution in [0.15, 0.2) is 53.4 Å². The topological polar surface area (TPSA) is 72.7 Å². The monoisotopic (exact) mass is 386 g/mol. The molecule has 1 fully saturated rings. The maximum absolute atomic E-state index is 12.8. The van der Waals surface area contributed by atoms with Gasteiger partial charge in [0.25, 0.3) is 11.6 Å². The van der Waals surface area contributed by atoms with E-state index in [0.29, 0.717) is 32.8 Å². The molecule has 1 saturated heterocycles. The number of rotatable bonds is 5. The highest BCUT2D eigenvalue weighted by Crippen LogP contribution is 2.37. The number of thioether (sulfide) groups is 1. The molecule has 0 bridgehead atoms. The van der Waals surface area contributed by atoms with Crippen molar-refractivity contribution < 1.29 is 14.5 Å². The van der Waals surface area contributed by atoms with E-state index in [1.807, 2.05) is 6.92 Å². The molecule has 26 heavy (non-hydrogen) atoms. The molecule has 0 aliphatic carbocycles. The summed E-state index contributed by atoms with van der Waals surface area (Å²) < 4.78 is 5.77. The predicted octanol–water partition coefficient (Wildman–Crippen LogP) is 4.40. The number of carbonyl (C=O) groups excluding carboxylic acids is 1. The maximum Gasteiger partial charge on any atom is 0.276 e. The third-order valence-electron chi connectivity index (χ3n) is 3.62. The van der Waals surface area contributed by atoms with Crippen LogP contribution in [0.2, 0.25) is 0 Å². The molecular formula is C18H14N2O4S2. The summed E-state index contributed by atoms with van der Waals surface area (Å²) in [5.74, 6) is 0.402. The number of thiocarbonyl (C=S) groups is 1. The number of anilines is 1. The van der Waals surface area contributed by atoms with Crippen LogP contribution in [-0.4, -0.2) is 21.8 Å². The van der Waals surface area contributed by atoms with Gasteiger partial charge in [-0.1, -0.05) is 36.1 Å². The number of nitro groups is 1. The van der Waals surface area contributed by atoms with Crippen molar-refractivity contribution in [3.63, 3.8) is 0 Å². The van der Waals surface area contributed by atoms with Gasteiger partial charge in [0.2, 0.25) is 0 Å². The Morgan fingerprint density at radius 2 is 1.92 bits per heavy atom. The quantitative estimate of drug-likeness (QED) is 0.328. The van der Waals surface area contributed by atoms with Gasteiger partial charge in [-0.3, -0.25) is 19.8 Å². The molecule has 0 atom stereocenters. The highest BCUT2D eigenvalue weighted by atomic mass is 32.2. The molecule has 3 rings (SSSR count). The van der Waals surface area contributed by atoms with Gasteiger partial charge < -0.3 is 4.74 Å². The number of benzene rings is 2. The van der Waals surface area contributed by atoms with Gasteiger partial charge in [-0.15, -0.1) is 0 Å². The minimum atomic E-state index is -0.473. The molecule has 2 aromatic rings. The first-order valence-corrected chi connectivity index (χ1v) is 8.98. The van der Waals surface area contributed by atoms with Crippen molar-refractivity contribution in [2.45, 2.75) is 6.92 Å². The van der Waals surface area contributed by atoms with Crippen LogP contribution in [0.5, 0.6) is 5.75 Å². The van der Waals surface area contributed by atoms with Gasteiger partial charge in [-0.25, -0.2) is 0 Å². The number of ether oxygens (including phenoxy) is 1. The molecule has 1 aliphatic rings. The Labute approximate surface area is 159 Å². The number of amides is 1. The number of nitro benzene ring substituents is 1. The lowest BCUT2D eigenvalue weighted by molar-refractivity contribution is -0.385. The molecule has 132 valence electrons. The zero-order valence-corrected chi connectivity index (χ0v) is 15.4. The Balaban J connectivity index is 1.91. The minimum absolute atomic E-state index is 0.0566. The van der Waals surface area contributed by atoms with Gasteiger partial charge >= 0.3 is 0 Å². The smallest absolute Gasteiger partial charge is 0.276 e. The third-order valence-corrected chi connectivity index (χ3v) is 4.92. The predicted molar refractivity (Wildman–Crippen MR) is 106 cm³/mol. The first kappa shape index (κ1) is 18.1. The lowest BCUT2D eigenvalue weighted by atomic mass is 10.1. The van der Waals surface area contributed by atoms with E-state index in [2.05, 4.69) is 0 Å². The second kappa shape index (κ2) is 7.67. The van der Waals surface area contributed by atoms with E-state index in [-0.39, 0.29) is 11.6 Å². The minimum Gasteiger partial charge on any atom is -0.494 e. The van der Waals surface area contributed by atoms with Crippen molar-refractivity contribution in [3.8, 4) is 5.75 Å². The van der Waals surface area contributed by atoms with Crippen LogP contribution in [0, 0.1) is 10.1 Å². The number of hydrogen-bond acceptors (Lipinski definition) is 6. The summed E-state index contributed by atoms with van der Waals surface area (Å²) in [5, 5.41) is 11.1. The van der Waals surface area contributed by atoms with Gasteiger partial charge in [0.15, 0.2) is 4.32 Å². The zero-order chi connectivity index (χ0) is 18.7. The summed E-state index contributed by atoms with van der Waals surface area (Å²) in [5.41, 5.74) is 0.936. The van der Waals surface area contributed by atoms with Gasteiger partial charge in [0, 0.05) is 6.07 Å². The second-order valence-corrected chi connectivity index (χ2v) is 6.94. The molecule has 0 saturated carbocycles. The normalized spacial score (nSPS) is 15.6. The lowest BCUT2D eigenvalue weighted by Gasteiger charge is -2.15. The molecule has 0 radical (unpaired) electrons. The molecular weight excluding hydrogens is 372 g/mol. The standard InChI is InChI=1S/C18H14N2O4S2/c1-2-24-14-9-7-13(8-10-14)19-17(21)16(26-18(19)25)11-12-5-3-4-6-15(12)20(22)23/h3-11H,2H2,1H3/b16-11+. The van der Waals surface area contributed by atoms with Crippen LogP contribution >= 0.6 is 24.0 Å². The SMILES string of the molecule is CCOc1ccc(N2C(=O)/C(=C\c3ccccc3[N+](=O)[O-])SC2=S)cc1. The molecule has 0 unspecified atom stereocenters. The molecule has 8 heteroatoms. The molecule has 2 aromatic carbocycles. The largest absolute Gasteiger partial charge is 0.494 e. The molecule has 1 amide bonds. The highest BCUT2D eigenvalue weighted by molar-refractivity contribution is 8.27. The van der Waals surface area contributed by atoms with Crippen molar-refractivity contribution in [1.29, 1.82) is 0 Å². The van der Waals surface area contributed by atoms with Crippen LogP contribution in [0.4, 0.5) is 11.4 Å². The van der Waals surface area contributed by atoms with Crippen molar-refractivity contribution in [3.05, 3.63) is 69.1 Å². The van der Waals surface area contributed by atoms with Gasteiger partial charge in [0.05, 0.1) is 27.7 Å². The second-order valence-electron chi connectivity index (χ2n) is 5.26. The maximum atomic E-state index is 12.8. The van der Waals surface area contributed by atoms with E-state index < -0.39 is 4.92 Å². The van der Waals surface area contributed by atoms with Gasteiger partial charge in [-0.2, -0.15) is 0 Å². The summed E-state index contributed by atoms with van der Waals surface area (Å²) in [6.07, 6.45) is 1.51. The summed E-state index contributed by atoms with van der Waals surface area (Å²) in [6, 6.07) is 13.3. The molecule has 0 spiro atoms. The van der Waals surface area contributed by atoms with Crippen LogP contribution in [-0.2, 0) is 4.79 Å². The zero-order valence-electron chi connectivity index (χ0n) is 13.7. The Bertz CT molecular complexity index is 910. The van der Waals surface area contributed by atoms with E-state index in [9.17, 15) is 14.9 Å². The molecule has 6 nitrogen and oxygen atoms in total.